The van der Waals surface area contributed by atoms with Gasteiger partial charge in [-0.25, -0.2) is 0 Å². The average molecular weight is 247 g/mol. The van der Waals surface area contributed by atoms with Gasteiger partial charge in [-0.05, 0) is 28.8 Å². The molecular weight excluding hydrogens is 236 g/mol. The second-order valence-electron chi connectivity index (χ2n) is 3.23. The van der Waals surface area contributed by atoms with E-state index >= 15 is 0 Å². The minimum atomic E-state index is 0.697. The Bertz CT molecular complexity index is 255. The van der Waals surface area contributed by atoms with Crippen molar-refractivity contribution in [3.8, 4) is 0 Å². The van der Waals surface area contributed by atoms with Crippen molar-refractivity contribution in [3.05, 3.63) is 8.92 Å². The van der Waals surface area contributed by atoms with Crippen LogP contribution in [0.25, 0.3) is 0 Å². The summed E-state index contributed by atoms with van der Waals surface area (Å²) >= 11 is 5.03. The Labute approximate surface area is 84.5 Å². The first-order valence-corrected chi connectivity index (χ1v) is 5.96. The van der Waals surface area contributed by atoms with Crippen molar-refractivity contribution in [2.24, 2.45) is 0 Å². The molecule has 0 aromatic carbocycles. The number of aromatic nitrogens is 2. The summed E-state index contributed by atoms with van der Waals surface area (Å²) in [5.74, 6) is 0.697. The SMILES string of the molecule is Brc1nnc(C2CCCCC2)s1. The van der Waals surface area contributed by atoms with Gasteiger partial charge in [0.2, 0.25) is 0 Å². The van der Waals surface area contributed by atoms with Crippen LogP contribution in [0.2, 0.25) is 0 Å². The lowest BCUT2D eigenvalue weighted by molar-refractivity contribution is 0.440. The van der Waals surface area contributed by atoms with Crippen LogP contribution in [0.3, 0.4) is 0 Å². The smallest absolute Gasteiger partial charge is 0.142 e. The lowest BCUT2D eigenvalue weighted by atomic mass is 9.90. The Hall–Kier alpha value is 0.0400. The molecular formula is C8H11BrN2S. The van der Waals surface area contributed by atoms with E-state index in [2.05, 4.69) is 26.1 Å². The second-order valence-corrected chi connectivity index (χ2v) is 5.51. The van der Waals surface area contributed by atoms with Gasteiger partial charge in [0.05, 0.1) is 0 Å². The molecule has 0 aliphatic heterocycles. The Kier molecular flexibility index (Phi) is 2.76. The van der Waals surface area contributed by atoms with E-state index in [1.165, 1.54) is 37.1 Å². The van der Waals surface area contributed by atoms with E-state index < -0.39 is 0 Å². The minimum Gasteiger partial charge on any atom is -0.142 e. The molecule has 1 aromatic rings. The first kappa shape index (κ1) is 8.63. The standard InChI is InChI=1S/C8H11BrN2S/c9-8-11-10-7(12-8)6-4-2-1-3-5-6/h6H,1-5H2. The van der Waals surface area contributed by atoms with Gasteiger partial charge in [-0.2, -0.15) is 0 Å². The summed E-state index contributed by atoms with van der Waals surface area (Å²) in [4.78, 5) is 0. The average Bonchev–Trinajstić information content (AvgIpc) is 2.54. The molecule has 0 spiro atoms. The third kappa shape index (κ3) is 1.85. The monoisotopic (exact) mass is 246 g/mol. The molecule has 1 saturated carbocycles. The highest BCUT2D eigenvalue weighted by Gasteiger charge is 2.18. The van der Waals surface area contributed by atoms with Gasteiger partial charge in [0.25, 0.3) is 0 Å². The molecule has 12 heavy (non-hydrogen) atoms. The van der Waals surface area contributed by atoms with E-state index in [-0.39, 0.29) is 0 Å². The van der Waals surface area contributed by atoms with Gasteiger partial charge >= 0.3 is 0 Å². The van der Waals surface area contributed by atoms with Gasteiger partial charge in [0.1, 0.15) is 5.01 Å². The zero-order chi connectivity index (χ0) is 8.39. The van der Waals surface area contributed by atoms with Crippen LogP contribution in [0.15, 0.2) is 3.92 Å². The summed E-state index contributed by atoms with van der Waals surface area (Å²) in [7, 11) is 0. The van der Waals surface area contributed by atoms with Gasteiger partial charge in [-0.15, -0.1) is 10.2 Å². The van der Waals surface area contributed by atoms with Gasteiger partial charge in [0.15, 0.2) is 3.92 Å². The molecule has 0 saturated heterocycles. The highest BCUT2D eigenvalue weighted by atomic mass is 79.9. The van der Waals surface area contributed by atoms with E-state index in [9.17, 15) is 0 Å². The van der Waals surface area contributed by atoms with Crippen molar-refractivity contribution in [3.63, 3.8) is 0 Å². The summed E-state index contributed by atoms with van der Waals surface area (Å²) in [5.41, 5.74) is 0. The molecule has 1 aromatic heterocycles. The van der Waals surface area contributed by atoms with Crippen molar-refractivity contribution in [1.29, 1.82) is 0 Å². The molecule has 0 radical (unpaired) electrons. The van der Waals surface area contributed by atoms with Gasteiger partial charge in [-0.3, -0.25) is 0 Å². The first-order chi connectivity index (χ1) is 5.86. The molecule has 1 aliphatic rings. The van der Waals surface area contributed by atoms with Crippen LogP contribution in [-0.2, 0) is 0 Å². The van der Waals surface area contributed by atoms with E-state index in [1.54, 1.807) is 11.3 Å². The van der Waals surface area contributed by atoms with E-state index in [4.69, 9.17) is 0 Å². The summed E-state index contributed by atoms with van der Waals surface area (Å²) in [6.07, 6.45) is 6.74. The Morgan fingerprint density at radius 2 is 1.92 bits per heavy atom. The fourth-order valence-corrected chi connectivity index (χ4v) is 3.05. The van der Waals surface area contributed by atoms with Gasteiger partial charge < -0.3 is 0 Å². The molecule has 1 aliphatic carbocycles. The van der Waals surface area contributed by atoms with E-state index in [1.807, 2.05) is 0 Å². The third-order valence-corrected chi connectivity index (χ3v) is 3.89. The van der Waals surface area contributed by atoms with Crippen LogP contribution in [-0.4, -0.2) is 10.2 Å². The lowest BCUT2D eigenvalue weighted by Crippen LogP contribution is -2.03. The molecule has 1 fully saturated rings. The molecule has 0 unspecified atom stereocenters. The number of halogens is 1. The van der Waals surface area contributed by atoms with Crippen LogP contribution in [0.1, 0.15) is 43.0 Å². The summed E-state index contributed by atoms with van der Waals surface area (Å²) in [5, 5.41) is 9.36. The predicted octanol–water partition coefficient (Wildman–Crippen LogP) is 3.35. The molecule has 0 atom stereocenters. The van der Waals surface area contributed by atoms with Gasteiger partial charge in [-0.1, -0.05) is 30.6 Å². The number of hydrogen-bond donors (Lipinski definition) is 0. The number of nitrogens with zero attached hydrogens (tertiary/aromatic N) is 2. The van der Waals surface area contributed by atoms with Crippen LogP contribution in [0.5, 0.6) is 0 Å². The third-order valence-electron chi connectivity index (χ3n) is 2.37. The van der Waals surface area contributed by atoms with Crippen LogP contribution >= 0.6 is 27.3 Å². The van der Waals surface area contributed by atoms with E-state index in [0.29, 0.717) is 5.92 Å². The summed E-state index contributed by atoms with van der Waals surface area (Å²) in [6, 6.07) is 0. The fraction of sp³-hybridized carbons (Fsp3) is 0.750. The summed E-state index contributed by atoms with van der Waals surface area (Å²) < 4.78 is 0.920. The molecule has 0 N–H and O–H groups in total. The van der Waals surface area contributed by atoms with E-state index in [0.717, 1.165) is 3.92 Å². The van der Waals surface area contributed by atoms with Gasteiger partial charge in [0, 0.05) is 5.92 Å². The zero-order valence-corrected chi connectivity index (χ0v) is 9.20. The zero-order valence-electron chi connectivity index (χ0n) is 6.79. The molecule has 2 nitrogen and oxygen atoms in total. The van der Waals surface area contributed by atoms with Crippen molar-refractivity contribution >= 4 is 27.3 Å². The van der Waals surface area contributed by atoms with Crippen molar-refractivity contribution in [1.82, 2.24) is 10.2 Å². The summed E-state index contributed by atoms with van der Waals surface area (Å²) in [6.45, 7) is 0. The van der Waals surface area contributed by atoms with Crippen molar-refractivity contribution < 1.29 is 0 Å². The minimum absolute atomic E-state index is 0.697. The molecule has 66 valence electrons. The molecule has 2 rings (SSSR count). The molecule has 0 bridgehead atoms. The second kappa shape index (κ2) is 3.83. The van der Waals surface area contributed by atoms with Crippen LogP contribution < -0.4 is 0 Å². The maximum atomic E-state index is 4.16. The van der Waals surface area contributed by atoms with Crippen LogP contribution in [0.4, 0.5) is 0 Å². The first-order valence-electron chi connectivity index (χ1n) is 4.35. The number of rotatable bonds is 1. The molecule has 4 heteroatoms. The van der Waals surface area contributed by atoms with Crippen molar-refractivity contribution in [2.75, 3.05) is 0 Å². The Balaban J connectivity index is 2.08. The lowest BCUT2D eigenvalue weighted by Gasteiger charge is -2.18. The van der Waals surface area contributed by atoms with Crippen molar-refractivity contribution in [2.45, 2.75) is 38.0 Å². The Morgan fingerprint density at radius 3 is 2.50 bits per heavy atom. The predicted molar refractivity (Wildman–Crippen MR) is 53.4 cm³/mol. The van der Waals surface area contributed by atoms with Crippen LogP contribution in [0, 0.1) is 0 Å². The maximum absolute atomic E-state index is 4.16. The number of hydrogen-bond acceptors (Lipinski definition) is 3. The molecule has 0 amide bonds. The Morgan fingerprint density at radius 1 is 1.17 bits per heavy atom. The normalized spacial score (nSPS) is 19.8. The highest BCUT2D eigenvalue weighted by molar-refractivity contribution is 9.11. The largest absolute Gasteiger partial charge is 0.183 e. The topological polar surface area (TPSA) is 25.8 Å². The highest BCUT2D eigenvalue weighted by Crippen LogP contribution is 2.34. The fourth-order valence-electron chi connectivity index (χ4n) is 1.73. The quantitative estimate of drug-likeness (QED) is 0.760. The maximum Gasteiger partial charge on any atom is 0.183 e. The molecule has 1 heterocycles.